The number of aromatic amines is 1. The minimum atomic E-state index is -0.555. The van der Waals surface area contributed by atoms with E-state index in [-0.39, 0.29) is 5.69 Å². The molecule has 0 unspecified atom stereocenters. The van der Waals surface area contributed by atoms with Gasteiger partial charge in [0.15, 0.2) is 11.5 Å². The van der Waals surface area contributed by atoms with E-state index in [0.717, 1.165) is 41.1 Å². The number of carbonyl (C=O) groups excluding carboxylic acids is 1. The Labute approximate surface area is 154 Å². The Morgan fingerprint density at radius 3 is 2.81 bits per heavy atom. The number of imidazole rings is 1. The van der Waals surface area contributed by atoms with E-state index in [1.54, 1.807) is 6.20 Å². The fourth-order valence-electron chi connectivity index (χ4n) is 3.53. The van der Waals surface area contributed by atoms with E-state index in [0.29, 0.717) is 18.9 Å². The Morgan fingerprint density at radius 1 is 1.15 bits per heavy atom. The largest absolute Gasteiger partial charge is 0.378 e. The molecule has 0 radical (unpaired) electrons. The van der Waals surface area contributed by atoms with Crippen LogP contribution in [0, 0.1) is 0 Å². The van der Waals surface area contributed by atoms with Crippen LogP contribution in [0.25, 0.3) is 27.8 Å². The van der Waals surface area contributed by atoms with Crippen LogP contribution in [0.5, 0.6) is 0 Å². The molecule has 136 valence electrons. The second-order valence-electron chi connectivity index (χ2n) is 6.51. The number of anilines is 1. The first-order valence-corrected chi connectivity index (χ1v) is 8.79. The van der Waals surface area contributed by atoms with Crippen molar-refractivity contribution in [2.24, 2.45) is 5.73 Å². The van der Waals surface area contributed by atoms with Gasteiger partial charge in [-0.05, 0) is 12.1 Å². The molecule has 0 bridgehead atoms. The van der Waals surface area contributed by atoms with Crippen LogP contribution in [0.1, 0.15) is 10.5 Å². The summed E-state index contributed by atoms with van der Waals surface area (Å²) in [6, 6.07) is 8.10. The van der Waals surface area contributed by atoms with Crippen LogP contribution < -0.4 is 10.6 Å². The zero-order chi connectivity index (χ0) is 18.4. The quantitative estimate of drug-likeness (QED) is 0.579. The van der Waals surface area contributed by atoms with Crippen LogP contribution in [-0.4, -0.2) is 51.6 Å². The first-order chi connectivity index (χ1) is 13.2. The highest BCUT2D eigenvalue weighted by Gasteiger charge is 2.21. The number of benzene rings is 1. The molecule has 8 heteroatoms. The van der Waals surface area contributed by atoms with E-state index < -0.39 is 5.91 Å². The van der Waals surface area contributed by atoms with Gasteiger partial charge in [0, 0.05) is 48.1 Å². The van der Waals surface area contributed by atoms with Gasteiger partial charge in [0.05, 0.1) is 18.9 Å². The van der Waals surface area contributed by atoms with Gasteiger partial charge in [-0.2, -0.15) is 0 Å². The molecule has 1 aliphatic rings. The van der Waals surface area contributed by atoms with Gasteiger partial charge in [-0.1, -0.05) is 12.1 Å². The van der Waals surface area contributed by atoms with Crippen molar-refractivity contribution in [3.63, 3.8) is 0 Å². The minimum Gasteiger partial charge on any atom is -0.378 e. The number of primary amides is 1. The molecule has 5 rings (SSSR count). The number of nitrogens with one attached hydrogen (secondary N) is 1. The smallest absolute Gasteiger partial charge is 0.268 e. The van der Waals surface area contributed by atoms with Gasteiger partial charge in [0.25, 0.3) is 5.91 Å². The van der Waals surface area contributed by atoms with Gasteiger partial charge in [0.1, 0.15) is 5.69 Å². The SMILES string of the molecule is NC(=O)c1cn2cc(-c3cccc4[nH]ccc34)nc(N3CCOCC3)c2n1. The molecule has 3 N–H and O–H groups in total. The number of fused-ring (bicyclic) bond motifs is 2. The van der Waals surface area contributed by atoms with E-state index in [4.69, 9.17) is 15.5 Å². The third-order valence-corrected chi connectivity index (χ3v) is 4.85. The maximum Gasteiger partial charge on any atom is 0.268 e. The van der Waals surface area contributed by atoms with Crippen LogP contribution >= 0.6 is 0 Å². The van der Waals surface area contributed by atoms with E-state index in [1.807, 2.05) is 41.1 Å². The number of morpholine rings is 1. The molecule has 0 atom stereocenters. The van der Waals surface area contributed by atoms with Crippen LogP contribution in [0.2, 0.25) is 0 Å². The van der Waals surface area contributed by atoms with Gasteiger partial charge in [-0.25, -0.2) is 9.97 Å². The number of ether oxygens (including phenoxy) is 1. The van der Waals surface area contributed by atoms with Crippen molar-refractivity contribution in [2.75, 3.05) is 31.2 Å². The van der Waals surface area contributed by atoms with E-state index >= 15 is 0 Å². The molecule has 0 aliphatic carbocycles. The highest BCUT2D eigenvalue weighted by atomic mass is 16.5. The zero-order valence-corrected chi connectivity index (χ0v) is 14.6. The van der Waals surface area contributed by atoms with Crippen molar-refractivity contribution in [3.8, 4) is 11.3 Å². The highest BCUT2D eigenvalue weighted by molar-refractivity contribution is 5.95. The van der Waals surface area contributed by atoms with Crippen molar-refractivity contribution in [2.45, 2.75) is 0 Å². The molecule has 0 spiro atoms. The molecular formula is C19H18N6O2. The molecular weight excluding hydrogens is 344 g/mol. The second-order valence-corrected chi connectivity index (χ2v) is 6.51. The fraction of sp³-hybridized carbons (Fsp3) is 0.211. The summed E-state index contributed by atoms with van der Waals surface area (Å²) in [5.74, 6) is 0.178. The Hall–Kier alpha value is -3.39. The summed E-state index contributed by atoms with van der Waals surface area (Å²) in [6.45, 7) is 2.71. The third-order valence-electron chi connectivity index (χ3n) is 4.85. The standard InChI is InChI=1S/C19H18N6O2/c20-17(26)16-11-25-10-15(12-2-1-3-14-13(12)4-5-21-14)22-18(19(25)23-16)24-6-8-27-9-7-24/h1-5,10-11,21H,6-9H2,(H2,20,26). The molecule has 3 aromatic heterocycles. The molecule has 1 saturated heterocycles. The minimum absolute atomic E-state index is 0.225. The number of hydrogen-bond donors (Lipinski definition) is 2. The van der Waals surface area contributed by atoms with Gasteiger partial charge in [-0.15, -0.1) is 0 Å². The van der Waals surface area contributed by atoms with Crippen molar-refractivity contribution in [1.82, 2.24) is 19.4 Å². The maximum atomic E-state index is 11.6. The number of nitrogens with two attached hydrogens (primary N) is 1. The highest BCUT2D eigenvalue weighted by Crippen LogP contribution is 2.30. The number of hydrogen-bond acceptors (Lipinski definition) is 5. The predicted molar refractivity (Wildman–Crippen MR) is 102 cm³/mol. The summed E-state index contributed by atoms with van der Waals surface area (Å²) in [5.41, 5.74) is 9.16. The zero-order valence-electron chi connectivity index (χ0n) is 14.6. The monoisotopic (exact) mass is 362 g/mol. The summed E-state index contributed by atoms with van der Waals surface area (Å²) < 4.78 is 7.30. The lowest BCUT2D eigenvalue weighted by molar-refractivity contribution is 0.0996. The fourth-order valence-corrected chi connectivity index (χ4v) is 3.53. The molecule has 1 aliphatic heterocycles. The van der Waals surface area contributed by atoms with Crippen LogP contribution in [0.4, 0.5) is 5.82 Å². The normalized spacial score (nSPS) is 14.9. The maximum absolute atomic E-state index is 11.6. The van der Waals surface area contributed by atoms with Gasteiger partial charge >= 0.3 is 0 Å². The molecule has 4 aromatic rings. The predicted octanol–water partition coefficient (Wildman–Crippen LogP) is 1.81. The number of carbonyl (C=O) groups is 1. The number of amides is 1. The first kappa shape index (κ1) is 15.8. The number of rotatable bonds is 3. The second kappa shape index (κ2) is 6.10. The van der Waals surface area contributed by atoms with E-state index in [1.165, 1.54) is 0 Å². The molecule has 0 saturated carbocycles. The van der Waals surface area contributed by atoms with Crippen molar-refractivity contribution >= 4 is 28.3 Å². The molecule has 1 fully saturated rings. The Balaban J connectivity index is 1.75. The molecule has 4 heterocycles. The van der Waals surface area contributed by atoms with Crippen LogP contribution in [0.15, 0.2) is 42.9 Å². The Kier molecular flexibility index (Phi) is 3.58. The summed E-state index contributed by atoms with van der Waals surface area (Å²) >= 11 is 0. The first-order valence-electron chi connectivity index (χ1n) is 8.79. The Morgan fingerprint density at radius 2 is 2.00 bits per heavy atom. The lowest BCUT2D eigenvalue weighted by Crippen LogP contribution is -2.37. The van der Waals surface area contributed by atoms with Crippen molar-refractivity contribution in [1.29, 1.82) is 0 Å². The van der Waals surface area contributed by atoms with Crippen molar-refractivity contribution < 1.29 is 9.53 Å². The van der Waals surface area contributed by atoms with Crippen LogP contribution in [0.3, 0.4) is 0 Å². The molecule has 8 nitrogen and oxygen atoms in total. The summed E-state index contributed by atoms with van der Waals surface area (Å²) in [5, 5.41) is 1.09. The van der Waals surface area contributed by atoms with E-state index in [2.05, 4.69) is 14.9 Å². The Bertz CT molecular complexity index is 1160. The number of nitrogens with zero attached hydrogens (tertiary/aromatic N) is 4. The summed E-state index contributed by atoms with van der Waals surface area (Å²) in [6.07, 6.45) is 5.46. The lowest BCUT2D eigenvalue weighted by Gasteiger charge is -2.28. The number of H-pyrrole nitrogens is 1. The number of aromatic nitrogens is 4. The van der Waals surface area contributed by atoms with Crippen LogP contribution in [-0.2, 0) is 4.74 Å². The topological polar surface area (TPSA) is 102 Å². The lowest BCUT2D eigenvalue weighted by atomic mass is 10.1. The summed E-state index contributed by atoms with van der Waals surface area (Å²) in [7, 11) is 0. The third kappa shape index (κ3) is 2.61. The van der Waals surface area contributed by atoms with E-state index in [9.17, 15) is 4.79 Å². The molecule has 27 heavy (non-hydrogen) atoms. The molecule has 1 amide bonds. The average molecular weight is 362 g/mol. The summed E-state index contributed by atoms with van der Waals surface area (Å²) in [4.78, 5) is 26.3. The van der Waals surface area contributed by atoms with Crippen molar-refractivity contribution in [3.05, 3.63) is 48.5 Å². The molecule has 1 aromatic carbocycles. The average Bonchev–Trinajstić information content (AvgIpc) is 3.34. The van der Waals surface area contributed by atoms with Gasteiger partial charge in [0.2, 0.25) is 0 Å². The van der Waals surface area contributed by atoms with Gasteiger partial charge in [-0.3, -0.25) is 4.79 Å². The van der Waals surface area contributed by atoms with Gasteiger partial charge < -0.3 is 24.8 Å².